The molecule has 0 N–H and O–H groups in total. The molecule has 1 rings (SSSR count). The highest BCUT2D eigenvalue weighted by atomic mass is 16.5. The molecule has 0 aliphatic rings. The van der Waals surface area contributed by atoms with E-state index in [4.69, 9.17) is 9.47 Å². The summed E-state index contributed by atoms with van der Waals surface area (Å²) in [7, 11) is 1.35. The number of carbonyl (C=O) groups excluding carboxylic acids is 2. The molecule has 0 spiro atoms. The van der Waals surface area contributed by atoms with E-state index in [1.54, 1.807) is 0 Å². The number of rotatable bonds is 9. The molecule has 0 aliphatic carbocycles. The fourth-order valence-electron chi connectivity index (χ4n) is 1.76. The lowest BCUT2D eigenvalue weighted by Gasteiger charge is -2.08. The predicted octanol–water partition coefficient (Wildman–Crippen LogP) is 3.15. The average molecular weight is 318 g/mol. The number of methoxy groups -OCH3 is 1. The van der Waals surface area contributed by atoms with Crippen LogP contribution >= 0.6 is 0 Å². The van der Waals surface area contributed by atoms with Crippen LogP contribution in [0.4, 0.5) is 0 Å². The Morgan fingerprint density at radius 3 is 2.35 bits per heavy atom. The second-order valence-electron chi connectivity index (χ2n) is 4.80. The van der Waals surface area contributed by atoms with Crippen LogP contribution in [0.1, 0.15) is 25.3 Å². The molecule has 0 radical (unpaired) electrons. The Balaban J connectivity index is 2.34. The SMILES string of the molecule is C=CC(=O)OCCCCOc1ccc(/C(C)=C\C(=O)OC)cc1. The molecule has 1 aromatic carbocycles. The summed E-state index contributed by atoms with van der Waals surface area (Å²) in [5, 5.41) is 0. The first-order chi connectivity index (χ1) is 11.1. The van der Waals surface area contributed by atoms with Gasteiger partial charge in [0.2, 0.25) is 0 Å². The third-order valence-electron chi connectivity index (χ3n) is 3.06. The number of ether oxygens (including phenoxy) is 3. The maximum atomic E-state index is 11.2. The molecule has 1 aromatic rings. The highest BCUT2D eigenvalue weighted by Gasteiger charge is 2.01. The topological polar surface area (TPSA) is 61.8 Å². The molecule has 0 atom stereocenters. The Morgan fingerprint density at radius 2 is 1.74 bits per heavy atom. The smallest absolute Gasteiger partial charge is 0.330 e. The maximum absolute atomic E-state index is 11.2. The number of hydrogen-bond acceptors (Lipinski definition) is 5. The van der Waals surface area contributed by atoms with Gasteiger partial charge in [-0.15, -0.1) is 0 Å². The first kappa shape index (κ1) is 18.5. The monoisotopic (exact) mass is 318 g/mol. The lowest BCUT2D eigenvalue weighted by Crippen LogP contribution is -2.04. The highest BCUT2D eigenvalue weighted by Crippen LogP contribution is 2.18. The van der Waals surface area contributed by atoms with Crippen LogP contribution in [-0.2, 0) is 19.1 Å². The van der Waals surface area contributed by atoms with Crippen molar-refractivity contribution in [3.63, 3.8) is 0 Å². The highest BCUT2D eigenvalue weighted by molar-refractivity contribution is 5.90. The lowest BCUT2D eigenvalue weighted by molar-refractivity contribution is -0.138. The normalized spacial score (nSPS) is 10.8. The number of carbonyl (C=O) groups is 2. The molecule has 0 unspecified atom stereocenters. The molecule has 0 amide bonds. The number of allylic oxidation sites excluding steroid dienone is 1. The van der Waals surface area contributed by atoms with Crippen LogP contribution in [0.3, 0.4) is 0 Å². The fourth-order valence-corrected chi connectivity index (χ4v) is 1.76. The first-order valence-corrected chi connectivity index (χ1v) is 7.35. The first-order valence-electron chi connectivity index (χ1n) is 7.35. The summed E-state index contributed by atoms with van der Waals surface area (Å²) in [6.45, 7) is 6.08. The summed E-state index contributed by atoms with van der Waals surface area (Å²) in [6, 6.07) is 7.47. The minimum absolute atomic E-state index is 0.366. The summed E-state index contributed by atoms with van der Waals surface area (Å²) in [4.78, 5) is 22.0. The summed E-state index contributed by atoms with van der Waals surface area (Å²) in [5.41, 5.74) is 1.76. The van der Waals surface area contributed by atoms with Gasteiger partial charge in [-0.2, -0.15) is 0 Å². The van der Waals surface area contributed by atoms with Crippen molar-refractivity contribution in [3.05, 3.63) is 48.6 Å². The number of hydrogen-bond donors (Lipinski definition) is 0. The van der Waals surface area contributed by atoms with Gasteiger partial charge in [-0.3, -0.25) is 0 Å². The van der Waals surface area contributed by atoms with Gasteiger partial charge in [0.15, 0.2) is 0 Å². The molecule has 0 saturated heterocycles. The third kappa shape index (κ3) is 7.31. The van der Waals surface area contributed by atoms with Crippen LogP contribution in [0.5, 0.6) is 5.75 Å². The third-order valence-corrected chi connectivity index (χ3v) is 3.06. The zero-order valence-corrected chi connectivity index (χ0v) is 13.5. The van der Waals surface area contributed by atoms with E-state index in [1.807, 2.05) is 31.2 Å². The van der Waals surface area contributed by atoms with Crippen molar-refractivity contribution in [2.45, 2.75) is 19.8 Å². The molecular weight excluding hydrogens is 296 g/mol. The zero-order valence-electron chi connectivity index (χ0n) is 13.5. The lowest BCUT2D eigenvalue weighted by atomic mass is 10.1. The van der Waals surface area contributed by atoms with Crippen LogP contribution in [0.2, 0.25) is 0 Å². The minimum atomic E-state index is -0.406. The Morgan fingerprint density at radius 1 is 1.09 bits per heavy atom. The second kappa shape index (κ2) is 10.2. The van der Waals surface area contributed by atoms with Crippen LogP contribution in [0.25, 0.3) is 5.57 Å². The zero-order chi connectivity index (χ0) is 17.1. The van der Waals surface area contributed by atoms with E-state index < -0.39 is 5.97 Å². The van der Waals surface area contributed by atoms with Gasteiger partial charge in [0.25, 0.3) is 0 Å². The standard InChI is InChI=1S/C18H22O5/c1-4-17(19)23-12-6-5-11-22-16-9-7-15(8-10-16)14(2)13-18(20)21-3/h4,7-10,13H,1,5-6,11-12H2,2-3H3/b14-13-. The average Bonchev–Trinajstić information content (AvgIpc) is 2.57. The molecule has 0 bridgehead atoms. The van der Waals surface area contributed by atoms with Crippen molar-refractivity contribution >= 4 is 17.5 Å². The molecule has 5 heteroatoms. The molecule has 5 nitrogen and oxygen atoms in total. The van der Waals surface area contributed by atoms with Gasteiger partial charge in [0, 0.05) is 12.2 Å². The fraction of sp³-hybridized carbons (Fsp3) is 0.333. The molecule has 0 saturated carbocycles. The van der Waals surface area contributed by atoms with Gasteiger partial charge in [-0.1, -0.05) is 18.7 Å². The summed E-state index contributed by atoms with van der Waals surface area (Å²) in [5.74, 6) is -0.0282. The van der Waals surface area contributed by atoms with Crippen molar-refractivity contribution in [1.29, 1.82) is 0 Å². The second-order valence-corrected chi connectivity index (χ2v) is 4.80. The van der Waals surface area contributed by atoms with Crippen molar-refractivity contribution in [2.75, 3.05) is 20.3 Å². The van der Waals surface area contributed by atoms with E-state index in [0.717, 1.165) is 35.8 Å². The molecule has 0 heterocycles. The van der Waals surface area contributed by atoms with Crippen LogP contribution < -0.4 is 4.74 Å². The van der Waals surface area contributed by atoms with Crippen molar-refractivity contribution in [2.24, 2.45) is 0 Å². The van der Waals surface area contributed by atoms with E-state index in [9.17, 15) is 9.59 Å². The van der Waals surface area contributed by atoms with E-state index in [0.29, 0.717) is 13.2 Å². The summed E-state index contributed by atoms with van der Waals surface area (Å²) in [6.07, 6.45) is 4.11. The van der Waals surface area contributed by atoms with E-state index in [-0.39, 0.29) is 5.97 Å². The van der Waals surface area contributed by atoms with Gasteiger partial charge in [0.05, 0.1) is 20.3 Å². The quantitative estimate of drug-likeness (QED) is 0.398. The predicted molar refractivity (Wildman–Crippen MR) is 88.0 cm³/mol. The molecule has 0 aliphatic heterocycles. The molecular formula is C18H22O5. The van der Waals surface area contributed by atoms with E-state index >= 15 is 0 Å². The Bertz CT molecular complexity index is 557. The summed E-state index contributed by atoms with van der Waals surface area (Å²) < 4.78 is 15.1. The van der Waals surface area contributed by atoms with E-state index in [1.165, 1.54) is 13.2 Å². The number of unbranched alkanes of at least 4 members (excludes halogenated alkanes) is 1. The molecule has 0 fully saturated rings. The minimum Gasteiger partial charge on any atom is -0.494 e. The van der Waals surface area contributed by atoms with E-state index in [2.05, 4.69) is 11.3 Å². The van der Waals surface area contributed by atoms with Crippen LogP contribution in [-0.4, -0.2) is 32.3 Å². The molecule has 23 heavy (non-hydrogen) atoms. The van der Waals surface area contributed by atoms with Gasteiger partial charge < -0.3 is 14.2 Å². The Labute approximate surface area is 136 Å². The summed E-state index contributed by atoms with van der Waals surface area (Å²) >= 11 is 0. The Kier molecular flexibility index (Phi) is 8.21. The maximum Gasteiger partial charge on any atom is 0.330 e. The van der Waals surface area contributed by atoms with Crippen LogP contribution in [0, 0.1) is 0 Å². The van der Waals surface area contributed by atoms with Crippen molar-refractivity contribution in [3.8, 4) is 5.75 Å². The van der Waals surface area contributed by atoms with Gasteiger partial charge in [0.1, 0.15) is 5.75 Å². The molecule has 0 aromatic heterocycles. The van der Waals surface area contributed by atoms with Gasteiger partial charge in [-0.05, 0) is 43.0 Å². The van der Waals surface area contributed by atoms with Gasteiger partial charge in [-0.25, -0.2) is 9.59 Å². The van der Waals surface area contributed by atoms with Gasteiger partial charge >= 0.3 is 11.9 Å². The van der Waals surface area contributed by atoms with Crippen molar-refractivity contribution < 1.29 is 23.8 Å². The Hall–Kier alpha value is -2.56. The molecule has 124 valence electrons. The largest absolute Gasteiger partial charge is 0.494 e. The number of benzene rings is 1. The van der Waals surface area contributed by atoms with Crippen LogP contribution in [0.15, 0.2) is 43.0 Å². The van der Waals surface area contributed by atoms with Crippen molar-refractivity contribution in [1.82, 2.24) is 0 Å². The number of esters is 2.